The monoisotopic (exact) mass is 433 g/mol. The number of nitrogens with zero attached hydrogens (tertiary/aromatic N) is 1. The minimum atomic E-state index is -3.77. The number of aliphatic hydroxyl groups excluding tert-OH is 1. The van der Waals surface area contributed by atoms with Crippen LogP contribution in [0.3, 0.4) is 0 Å². The molecule has 0 fully saturated rings. The van der Waals surface area contributed by atoms with E-state index in [0.29, 0.717) is 12.2 Å². The maximum Gasteiger partial charge on any atom is 0.264 e. The van der Waals surface area contributed by atoms with Gasteiger partial charge in [-0.25, -0.2) is 8.42 Å². The highest BCUT2D eigenvalue weighted by Crippen LogP contribution is 2.24. The molecule has 6 heteroatoms. The molecule has 2 aromatic rings. The van der Waals surface area contributed by atoms with Gasteiger partial charge < -0.3 is 10.0 Å². The molecule has 0 saturated heterocycles. The second-order valence-corrected chi connectivity index (χ2v) is 9.86. The van der Waals surface area contributed by atoms with Crippen LogP contribution in [-0.2, 0) is 10.0 Å². The molecular formula is C24H37N2O3S+. The van der Waals surface area contributed by atoms with Crippen LogP contribution >= 0.6 is 0 Å². The van der Waals surface area contributed by atoms with Crippen molar-refractivity contribution in [3.63, 3.8) is 0 Å². The van der Waals surface area contributed by atoms with Crippen molar-refractivity contribution in [2.24, 2.45) is 0 Å². The number of unbranched alkanes of at least 4 members (excludes halogenated alkanes) is 2. The number of nitrogens with one attached hydrogen (secondary N) is 1. The number of hydrogen-bond donors (Lipinski definition) is 2. The maximum atomic E-state index is 13.4. The Bertz CT molecular complexity index is 831. The van der Waals surface area contributed by atoms with E-state index in [-0.39, 0.29) is 11.4 Å². The molecule has 1 atom stereocenters. The highest BCUT2D eigenvalue weighted by Gasteiger charge is 2.28. The predicted molar refractivity (Wildman–Crippen MR) is 124 cm³/mol. The van der Waals surface area contributed by atoms with Gasteiger partial charge in [0, 0.05) is 0 Å². The lowest BCUT2D eigenvalue weighted by molar-refractivity contribution is -0.903. The summed E-state index contributed by atoms with van der Waals surface area (Å²) >= 11 is 0. The van der Waals surface area contributed by atoms with E-state index in [1.165, 1.54) is 9.21 Å². The van der Waals surface area contributed by atoms with Gasteiger partial charge in [-0.05, 0) is 44.0 Å². The van der Waals surface area contributed by atoms with E-state index in [1.54, 1.807) is 42.5 Å². The fraction of sp³-hybridized carbons (Fsp3) is 0.500. The molecule has 0 aliphatic heterocycles. The molecule has 0 unspecified atom stereocenters. The molecule has 0 spiro atoms. The summed E-state index contributed by atoms with van der Waals surface area (Å²) in [7, 11) is -3.77. The molecule has 0 aromatic heterocycles. The van der Waals surface area contributed by atoms with Crippen molar-refractivity contribution >= 4 is 15.7 Å². The van der Waals surface area contributed by atoms with Crippen LogP contribution in [0.4, 0.5) is 5.69 Å². The Morgan fingerprint density at radius 2 is 1.50 bits per heavy atom. The van der Waals surface area contributed by atoms with E-state index >= 15 is 0 Å². The zero-order chi connectivity index (χ0) is 22.0. The third-order valence-corrected chi connectivity index (χ3v) is 7.13. The third kappa shape index (κ3) is 7.11. The zero-order valence-electron chi connectivity index (χ0n) is 18.5. The summed E-state index contributed by atoms with van der Waals surface area (Å²) in [4.78, 5) is 1.58. The number of quaternary nitrogens is 1. The van der Waals surface area contributed by atoms with Crippen LogP contribution in [0, 0.1) is 6.92 Å². The summed E-state index contributed by atoms with van der Waals surface area (Å²) in [5, 5.41) is 10.9. The van der Waals surface area contributed by atoms with Crippen molar-refractivity contribution in [3.05, 3.63) is 60.2 Å². The number of benzene rings is 2. The second kappa shape index (κ2) is 12.1. The molecule has 0 amide bonds. The van der Waals surface area contributed by atoms with Crippen LogP contribution < -0.4 is 9.21 Å². The van der Waals surface area contributed by atoms with E-state index in [4.69, 9.17) is 0 Å². The number of sulfonamides is 1. The van der Waals surface area contributed by atoms with Gasteiger partial charge in [-0.1, -0.05) is 62.6 Å². The van der Waals surface area contributed by atoms with E-state index in [1.807, 2.05) is 19.1 Å². The number of aliphatic hydroxyl groups is 1. The zero-order valence-corrected chi connectivity index (χ0v) is 19.4. The summed E-state index contributed by atoms with van der Waals surface area (Å²) in [6, 6.07) is 15.8. The first-order valence-corrected chi connectivity index (χ1v) is 12.5. The van der Waals surface area contributed by atoms with Crippen molar-refractivity contribution in [1.29, 1.82) is 0 Å². The Balaban J connectivity index is 2.25. The van der Waals surface area contributed by atoms with Crippen LogP contribution in [0.2, 0.25) is 0 Å². The topological polar surface area (TPSA) is 62.1 Å². The highest BCUT2D eigenvalue weighted by molar-refractivity contribution is 7.92. The first kappa shape index (κ1) is 24.4. The van der Waals surface area contributed by atoms with Crippen molar-refractivity contribution in [3.8, 4) is 0 Å². The Morgan fingerprint density at radius 3 is 2.03 bits per heavy atom. The third-order valence-electron chi connectivity index (χ3n) is 5.32. The first-order valence-electron chi connectivity index (χ1n) is 11.0. The molecule has 0 saturated carbocycles. The Labute approximate surface area is 182 Å². The van der Waals surface area contributed by atoms with Crippen LogP contribution in [-0.4, -0.2) is 45.8 Å². The van der Waals surface area contributed by atoms with E-state index in [9.17, 15) is 13.5 Å². The quantitative estimate of drug-likeness (QED) is 0.510. The van der Waals surface area contributed by atoms with Gasteiger partial charge in [-0.3, -0.25) is 4.31 Å². The smallest absolute Gasteiger partial charge is 0.264 e. The summed E-state index contributed by atoms with van der Waals surface area (Å²) in [5.41, 5.74) is 1.64. The molecule has 2 rings (SSSR count). The molecule has 5 nitrogen and oxygen atoms in total. The van der Waals surface area contributed by atoms with E-state index < -0.39 is 16.1 Å². The van der Waals surface area contributed by atoms with E-state index in [2.05, 4.69) is 13.8 Å². The number of rotatable bonds is 13. The summed E-state index contributed by atoms with van der Waals surface area (Å²) in [5.74, 6) is 0. The normalized spacial score (nSPS) is 12.8. The average Bonchev–Trinajstić information content (AvgIpc) is 2.75. The van der Waals surface area contributed by atoms with Crippen LogP contribution in [0.25, 0.3) is 0 Å². The standard InChI is InChI=1S/C24H36N2O3S/c1-4-6-17-25(18-7-5-2)19-23(27)20-26(22-15-13-21(3)14-16-22)30(28,29)24-11-9-8-10-12-24/h8-16,23,27H,4-7,17-20H2,1-3H3/p+1/t23-/m0/s1. The maximum absolute atomic E-state index is 13.4. The fourth-order valence-electron chi connectivity index (χ4n) is 3.54. The van der Waals surface area contributed by atoms with E-state index in [0.717, 1.165) is 44.3 Å². The van der Waals surface area contributed by atoms with Crippen molar-refractivity contribution in [2.45, 2.75) is 57.5 Å². The van der Waals surface area contributed by atoms with Gasteiger partial charge in [0.05, 0.1) is 30.2 Å². The fourth-order valence-corrected chi connectivity index (χ4v) is 5.07. The van der Waals surface area contributed by atoms with Gasteiger partial charge in [0.25, 0.3) is 10.0 Å². The number of anilines is 1. The molecule has 0 radical (unpaired) electrons. The lowest BCUT2D eigenvalue weighted by atomic mass is 10.2. The number of hydrogen-bond acceptors (Lipinski definition) is 3. The summed E-state index contributed by atoms with van der Waals surface area (Å²) in [6.07, 6.45) is 3.70. The SMILES string of the molecule is CCCC[NH+](CCCC)C[C@H](O)CN(c1ccc(C)cc1)S(=O)(=O)c1ccccc1. The van der Waals surface area contributed by atoms with Gasteiger partial charge in [0.15, 0.2) is 0 Å². The Hall–Kier alpha value is -1.89. The summed E-state index contributed by atoms with van der Waals surface area (Å²) < 4.78 is 28.1. The minimum absolute atomic E-state index is 0.0437. The molecule has 166 valence electrons. The molecule has 0 heterocycles. The molecular weight excluding hydrogens is 396 g/mol. The summed E-state index contributed by atoms with van der Waals surface area (Å²) in [6.45, 7) is 8.90. The van der Waals surface area contributed by atoms with Crippen LogP contribution in [0.1, 0.15) is 45.1 Å². The molecule has 2 aromatic carbocycles. The van der Waals surface area contributed by atoms with Crippen LogP contribution in [0.15, 0.2) is 59.5 Å². The molecule has 0 bridgehead atoms. The first-order chi connectivity index (χ1) is 14.4. The van der Waals surface area contributed by atoms with Gasteiger partial charge >= 0.3 is 0 Å². The Morgan fingerprint density at radius 1 is 0.933 bits per heavy atom. The van der Waals surface area contributed by atoms with Gasteiger partial charge in [-0.2, -0.15) is 0 Å². The Kier molecular flexibility index (Phi) is 9.82. The van der Waals surface area contributed by atoms with Crippen molar-refractivity contribution in [2.75, 3.05) is 30.5 Å². The van der Waals surface area contributed by atoms with Crippen molar-refractivity contribution < 1.29 is 18.4 Å². The van der Waals surface area contributed by atoms with Crippen molar-refractivity contribution in [1.82, 2.24) is 0 Å². The molecule has 2 N–H and O–H groups in total. The lowest BCUT2D eigenvalue weighted by Crippen LogP contribution is -3.13. The van der Waals surface area contributed by atoms with Crippen LogP contribution in [0.5, 0.6) is 0 Å². The molecule has 30 heavy (non-hydrogen) atoms. The largest absolute Gasteiger partial charge is 0.385 e. The van der Waals surface area contributed by atoms with Gasteiger partial charge in [0.1, 0.15) is 12.6 Å². The molecule has 0 aliphatic carbocycles. The second-order valence-electron chi connectivity index (χ2n) is 8.00. The number of aryl methyl sites for hydroxylation is 1. The highest BCUT2D eigenvalue weighted by atomic mass is 32.2. The predicted octanol–water partition coefficient (Wildman–Crippen LogP) is 3.04. The minimum Gasteiger partial charge on any atom is -0.385 e. The average molecular weight is 434 g/mol. The molecule has 0 aliphatic rings. The van der Waals surface area contributed by atoms with Gasteiger partial charge in [-0.15, -0.1) is 0 Å². The lowest BCUT2D eigenvalue weighted by Gasteiger charge is -2.29. The van der Waals surface area contributed by atoms with Gasteiger partial charge in [0.2, 0.25) is 0 Å².